The van der Waals surface area contributed by atoms with E-state index < -0.39 is 10.0 Å². The van der Waals surface area contributed by atoms with Crippen LogP contribution in [0.25, 0.3) is 0 Å². The Hall–Kier alpha value is -1.54. The molecule has 0 spiro atoms. The van der Waals surface area contributed by atoms with Crippen LogP contribution in [-0.4, -0.2) is 25.5 Å². The Morgan fingerprint density at radius 3 is 2.89 bits per heavy atom. The number of pyridine rings is 1. The van der Waals surface area contributed by atoms with Gasteiger partial charge in [0, 0.05) is 23.1 Å². The number of sulfonamides is 1. The zero-order chi connectivity index (χ0) is 13.2. The lowest BCUT2D eigenvalue weighted by atomic mass is 10.5. The van der Waals surface area contributed by atoms with Crippen molar-refractivity contribution in [2.45, 2.75) is 4.90 Å². The van der Waals surface area contributed by atoms with E-state index in [1.165, 1.54) is 25.6 Å². The maximum absolute atomic E-state index is 12.2. The zero-order valence-corrected chi connectivity index (χ0v) is 11.7. The highest BCUT2D eigenvalue weighted by atomic mass is 79.9. The number of ether oxygens (including phenoxy) is 1. The van der Waals surface area contributed by atoms with Crippen molar-refractivity contribution in [3.8, 4) is 5.88 Å². The summed E-state index contributed by atoms with van der Waals surface area (Å²) in [6.07, 6.45) is 4.62. The molecule has 0 saturated carbocycles. The van der Waals surface area contributed by atoms with E-state index in [0.717, 1.165) is 0 Å². The topological polar surface area (TPSA) is 84.1 Å². The summed E-state index contributed by atoms with van der Waals surface area (Å²) in [6, 6.07) is 3.04. The van der Waals surface area contributed by atoms with Gasteiger partial charge < -0.3 is 9.72 Å². The van der Waals surface area contributed by atoms with E-state index in [-0.39, 0.29) is 10.8 Å². The molecule has 2 aromatic heterocycles. The monoisotopic (exact) mass is 331 g/mol. The summed E-state index contributed by atoms with van der Waals surface area (Å²) in [4.78, 5) is 6.63. The molecule has 96 valence electrons. The zero-order valence-electron chi connectivity index (χ0n) is 9.34. The normalized spacial score (nSPS) is 11.2. The summed E-state index contributed by atoms with van der Waals surface area (Å²) in [6.45, 7) is 0. The van der Waals surface area contributed by atoms with E-state index in [1.54, 1.807) is 12.3 Å². The van der Waals surface area contributed by atoms with Crippen LogP contribution in [0.2, 0.25) is 0 Å². The fourth-order valence-electron chi connectivity index (χ4n) is 1.35. The van der Waals surface area contributed by atoms with Gasteiger partial charge in [-0.3, -0.25) is 4.72 Å². The molecule has 0 bridgehead atoms. The van der Waals surface area contributed by atoms with Crippen LogP contribution in [0.1, 0.15) is 0 Å². The molecule has 18 heavy (non-hydrogen) atoms. The summed E-state index contributed by atoms with van der Waals surface area (Å²) in [7, 11) is -2.37. The Morgan fingerprint density at radius 1 is 1.50 bits per heavy atom. The number of rotatable bonds is 4. The number of anilines is 1. The number of H-pyrrole nitrogens is 1. The van der Waals surface area contributed by atoms with Crippen LogP contribution in [0, 0.1) is 0 Å². The lowest BCUT2D eigenvalue weighted by Crippen LogP contribution is -2.14. The predicted molar refractivity (Wildman–Crippen MR) is 70.1 cm³/mol. The second-order valence-electron chi connectivity index (χ2n) is 3.37. The molecule has 6 nitrogen and oxygen atoms in total. The summed E-state index contributed by atoms with van der Waals surface area (Å²) >= 11 is 3.18. The van der Waals surface area contributed by atoms with Gasteiger partial charge in [-0.25, -0.2) is 13.4 Å². The first-order chi connectivity index (χ1) is 8.53. The van der Waals surface area contributed by atoms with Gasteiger partial charge in [-0.1, -0.05) is 0 Å². The molecule has 0 saturated heterocycles. The summed E-state index contributed by atoms with van der Waals surface area (Å²) < 4.78 is 32.2. The van der Waals surface area contributed by atoms with E-state index in [4.69, 9.17) is 4.74 Å². The molecular weight excluding hydrogens is 322 g/mol. The first kappa shape index (κ1) is 12.9. The summed E-state index contributed by atoms with van der Waals surface area (Å²) in [5.74, 6) is 0.0428. The Morgan fingerprint density at radius 2 is 2.28 bits per heavy atom. The highest BCUT2D eigenvalue weighted by Gasteiger charge is 2.21. The van der Waals surface area contributed by atoms with Gasteiger partial charge in [0.2, 0.25) is 5.88 Å². The van der Waals surface area contributed by atoms with Gasteiger partial charge in [-0.05, 0) is 28.1 Å². The molecule has 0 atom stereocenters. The smallest absolute Gasteiger partial charge is 0.267 e. The second kappa shape index (κ2) is 4.99. The standard InChI is InChI=1S/C10H10BrN3O3S/c1-17-10-9(4-7(11)5-13-10)18(15,16)14-8-2-3-12-6-8/h2-6,12,14H,1H3. The molecule has 0 aliphatic rings. The van der Waals surface area contributed by atoms with Crippen molar-refractivity contribution in [1.29, 1.82) is 0 Å². The van der Waals surface area contributed by atoms with E-state index in [9.17, 15) is 8.42 Å². The van der Waals surface area contributed by atoms with Crippen LogP contribution in [0.4, 0.5) is 5.69 Å². The third-order valence-corrected chi connectivity index (χ3v) is 3.93. The minimum Gasteiger partial charge on any atom is -0.480 e. The minimum atomic E-state index is -3.74. The minimum absolute atomic E-state index is 0.0272. The van der Waals surface area contributed by atoms with Crippen LogP contribution in [-0.2, 0) is 10.0 Å². The molecular formula is C10H10BrN3O3S. The van der Waals surface area contributed by atoms with E-state index in [0.29, 0.717) is 10.2 Å². The third-order valence-electron chi connectivity index (χ3n) is 2.12. The molecule has 2 aromatic rings. The number of aromatic amines is 1. The van der Waals surface area contributed by atoms with Crippen LogP contribution in [0.15, 0.2) is 40.1 Å². The van der Waals surface area contributed by atoms with Gasteiger partial charge in [-0.15, -0.1) is 0 Å². The van der Waals surface area contributed by atoms with Gasteiger partial charge in [0.25, 0.3) is 10.0 Å². The Balaban J connectivity index is 2.43. The van der Waals surface area contributed by atoms with Gasteiger partial charge in [0.15, 0.2) is 4.90 Å². The number of hydrogen-bond acceptors (Lipinski definition) is 4. The lowest BCUT2D eigenvalue weighted by Gasteiger charge is -2.09. The fraction of sp³-hybridized carbons (Fsp3) is 0.100. The molecule has 2 rings (SSSR count). The van der Waals surface area contributed by atoms with Crippen molar-refractivity contribution in [3.05, 3.63) is 35.2 Å². The second-order valence-corrected chi connectivity index (χ2v) is 5.93. The fourth-order valence-corrected chi connectivity index (χ4v) is 3.03. The van der Waals surface area contributed by atoms with Crippen molar-refractivity contribution in [3.63, 3.8) is 0 Å². The SMILES string of the molecule is COc1ncc(Br)cc1S(=O)(=O)Nc1cc[nH]c1. The highest BCUT2D eigenvalue weighted by molar-refractivity contribution is 9.10. The summed E-state index contributed by atoms with van der Waals surface area (Å²) in [5.41, 5.74) is 0.442. The van der Waals surface area contributed by atoms with Crippen molar-refractivity contribution in [2.75, 3.05) is 11.8 Å². The number of aromatic nitrogens is 2. The van der Waals surface area contributed by atoms with Crippen molar-refractivity contribution >= 4 is 31.6 Å². The molecule has 8 heteroatoms. The number of halogens is 1. The first-order valence-corrected chi connectivity index (χ1v) is 7.15. The Bertz CT molecular complexity index is 640. The maximum atomic E-state index is 12.2. The van der Waals surface area contributed by atoms with Crippen molar-refractivity contribution in [2.24, 2.45) is 0 Å². The number of hydrogen-bond donors (Lipinski definition) is 2. The van der Waals surface area contributed by atoms with E-state index in [2.05, 4.69) is 30.6 Å². The van der Waals surface area contributed by atoms with Gasteiger partial charge in [-0.2, -0.15) is 0 Å². The molecule has 0 aromatic carbocycles. The Labute approximate surface area is 113 Å². The maximum Gasteiger partial charge on any atom is 0.267 e. The predicted octanol–water partition coefficient (Wildman–Crippen LogP) is 1.98. The van der Waals surface area contributed by atoms with Gasteiger partial charge in [0.05, 0.1) is 12.8 Å². The van der Waals surface area contributed by atoms with Crippen molar-refractivity contribution < 1.29 is 13.2 Å². The third kappa shape index (κ3) is 2.65. The highest BCUT2D eigenvalue weighted by Crippen LogP contribution is 2.26. The van der Waals surface area contributed by atoms with Crippen LogP contribution >= 0.6 is 15.9 Å². The quantitative estimate of drug-likeness (QED) is 0.897. The first-order valence-electron chi connectivity index (χ1n) is 4.88. The molecule has 2 N–H and O–H groups in total. The van der Waals surface area contributed by atoms with Gasteiger partial charge in [0.1, 0.15) is 0 Å². The summed E-state index contributed by atoms with van der Waals surface area (Å²) in [5, 5.41) is 0. The molecule has 0 fully saturated rings. The average Bonchev–Trinajstić information content (AvgIpc) is 2.81. The molecule has 0 amide bonds. The number of nitrogens with one attached hydrogen (secondary N) is 2. The van der Waals surface area contributed by atoms with E-state index >= 15 is 0 Å². The average molecular weight is 332 g/mol. The van der Waals surface area contributed by atoms with Crippen LogP contribution in [0.3, 0.4) is 0 Å². The molecule has 0 aliphatic carbocycles. The number of nitrogens with zero attached hydrogens (tertiary/aromatic N) is 1. The lowest BCUT2D eigenvalue weighted by molar-refractivity contribution is 0.385. The van der Waals surface area contributed by atoms with Gasteiger partial charge >= 0.3 is 0 Å². The Kier molecular flexibility index (Phi) is 3.58. The largest absolute Gasteiger partial charge is 0.480 e. The van der Waals surface area contributed by atoms with E-state index in [1.807, 2.05) is 0 Å². The van der Waals surface area contributed by atoms with Crippen LogP contribution < -0.4 is 9.46 Å². The molecule has 0 radical (unpaired) electrons. The number of methoxy groups -OCH3 is 1. The van der Waals surface area contributed by atoms with Crippen LogP contribution in [0.5, 0.6) is 5.88 Å². The molecule has 0 aliphatic heterocycles. The molecule has 0 unspecified atom stereocenters. The molecule has 2 heterocycles. The van der Waals surface area contributed by atoms with Crippen molar-refractivity contribution in [1.82, 2.24) is 9.97 Å².